The highest BCUT2D eigenvalue weighted by Gasteiger charge is 2.44. The third kappa shape index (κ3) is 2.38. The molecule has 0 amide bonds. The number of aliphatic carboxylic acids is 1. The summed E-state index contributed by atoms with van der Waals surface area (Å²) in [6, 6.07) is 0. The molecule has 4 heteroatoms. The lowest BCUT2D eigenvalue weighted by Crippen LogP contribution is -2.57. The number of carbonyl (C=O) groups is 1. The van der Waals surface area contributed by atoms with E-state index in [9.17, 15) is 9.90 Å². The smallest absolute Gasteiger partial charge is 0.324 e. The van der Waals surface area contributed by atoms with Crippen LogP contribution in [0.3, 0.4) is 0 Å². The first-order valence-corrected chi connectivity index (χ1v) is 7.47. The van der Waals surface area contributed by atoms with Crippen molar-refractivity contribution in [1.82, 2.24) is 4.90 Å². The number of nitrogens with zero attached hydrogens (tertiary/aromatic N) is 1. The molecular formula is C12H21NO2S. The molecule has 2 rings (SSSR count). The zero-order valence-electron chi connectivity index (χ0n) is 9.78. The number of rotatable bonds is 2. The average Bonchev–Trinajstić information content (AvgIpc) is 2.58. The van der Waals surface area contributed by atoms with Crippen LogP contribution in [0, 0.1) is 0 Å². The maximum atomic E-state index is 11.6. The molecule has 2 aliphatic rings. The Balaban J connectivity index is 2.12. The van der Waals surface area contributed by atoms with E-state index in [-0.39, 0.29) is 0 Å². The van der Waals surface area contributed by atoms with Gasteiger partial charge in [-0.25, -0.2) is 0 Å². The first-order chi connectivity index (χ1) is 7.76. The molecule has 0 radical (unpaired) electrons. The number of likely N-dealkylation sites (tertiary alicyclic amines) is 1. The summed E-state index contributed by atoms with van der Waals surface area (Å²) in [6.07, 6.45) is 6.52. The summed E-state index contributed by atoms with van der Waals surface area (Å²) in [5, 5.41) is 9.58. The van der Waals surface area contributed by atoms with E-state index in [2.05, 4.69) is 4.90 Å². The average molecular weight is 243 g/mol. The first-order valence-electron chi connectivity index (χ1n) is 6.32. The summed E-state index contributed by atoms with van der Waals surface area (Å²) in [4.78, 5) is 13.9. The summed E-state index contributed by atoms with van der Waals surface area (Å²) >= 11 is 1.89. The lowest BCUT2D eigenvalue weighted by Gasteiger charge is -2.42. The molecule has 2 saturated heterocycles. The van der Waals surface area contributed by atoms with Crippen molar-refractivity contribution in [2.75, 3.05) is 24.6 Å². The van der Waals surface area contributed by atoms with Gasteiger partial charge in [-0.2, -0.15) is 11.8 Å². The van der Waals surface area contributed by atoms with Crippen molar-refractivity contribution in [2.24, 2.45) is 0 Å². The topological polar surface area (TPSA) is 40.5 Å². The van der Waals surface area contributed by atoms with Gasteiger partial charge in [0.25, 0.3) is 0 Å². The number of thioether (sulfide) groups is 1. The van der Waals surface area contributed by atoms with Gasteiger partial charge in [-0.15, -0.1) is 0 Å². The monoisotopic (exact) mass is 243 g/mol. The van der Waals surface area contributed by atoms with Crippen LogP contribution >= 0.6 is 11.8 Å². The zero-order chi connectivity index (χ0) is 11.4. The lowest BCUT2D eigenvalue weighted by atomic mass is 9.89. The summed E-state index contributed by atoms with van der Waals surface area (Å²) in [5.41, 5.74) is -0.532. The van der Waals surface area contributed by atoms with Gasteiger partial charge in [0.2, 0.25) is 0 Å². The van der Waals surface area contributed by atoms with Crippen molar-refractivity contribution in [1.29, 1.82) is 0 Å². The van der Waals surface area contributed by atoms with Gasteiger partial charge in [0, 0.05) is 0 Å². The molecule has 0 unspecified atom stereocenters. The molecule has 0 saturated carbocycles. The van der Waals surface area contributed by atoms with E-state index in [0.29, 0.717) is 0 Å². The summed E-state index contributed by atoms with van der Waals surface area (Å²) in [7, 11) is 0. The minimum Gasteiger partial charge on any atom is -0.480 e. The minimum atomic E-state index is -0.588. The predicted octanol–water partition coefficient (Wildman–Crippen LogP) is 2.21. The van der Waals surface area contributed by atoms with Crippen LogP contribution in [-0.4, -0.2) is 46.1 Å². The van der Waals surface area contributed by atoms with Crippen LogP contribution in [0.4, 0.5) is 0 Å². The number of hydrogen-bond acceptors (Lipinski definition) is 3. The largest absolute Gasteiger partial charge is 0.480 e. The third-order valence-electron chi connectivity index (χ3n) is 3.93. The normalized spacial score (nSPS) is 27.2. The van der Waals surface area contributed by atoms with E-state index in [0.717, 1.165) is 37.4 Å². The quantitative estimate of drug-likeness (QED) is 0.807. The van der Waals surface area contributed by atoms with Gasteiger partial charge in [-0.05, 0) is 50.3 Å². The molecule has 2 heterocycles. The van der Waals surface area contributed by atoms with Crippen molar-refractivity contribution in [3.05, 3.63) is 0 Å². The van der Waals surface area contributed by atoms with Gasteiger partial charge >= 0.3 is 5.97 Å². The highest BCUT2D eigenvalue weighted by molar-refractivity contribution is 7.99. The molecule has 3 nitrogen and oxygen atoms in total. The molecule has 0 aromatic carbocycles. The van der Waals surface area contributed by atoms with E-state index in [1.807, 2.05) is 11.8 Å². The number of carboxylic acid groups (broad SMARTS) is 1. The van der Waals surface area contributed by atoms with Gasteiger partial charge in [-0.3, -0.25) is 9.69 Å². The van der Waals surface area contributed by atoms with E-state index in [1.165, 1.54) is 25.7 Å². The van der Waals surface area contributed by atoms with E-state index < -0.39 is 11.5 Å². The van der Waals surface area contributed by atoms with Crippen molar-refractivity contribution in [3.8, 4) is 0 Å². The molecule has 92 valence electrons. The molecule has 0 aromatic rings. The third-order valence-corrected chi connectivity index (χ3v) is 4.92. The Kier molecular flexibility index (Phi) is 4.14. The summed E-state index contributed by atoms with van der Waals surface area (Å²) in [5.74, 6) is 1.42. The van der Waals surface area contributed by atoms with Gasteiger partial charge in [0.05, 0.1) is 0 Å². The minimum absolute atomic E-state index is 0.532. The predicted molar refractivity (Wildman–Crippen MR) is 67.0 cm³/mol. The SMILES string of the molecule is O=C(O)C1(N2CCCCCC2)CCSCC1. The number of hydrogen-bond donors (Lipinski definition) is 1. The molecule has 0 bridgehead atoms. The molecule has 2 fully saturated rings. The molecule has 2 aliphatic heterocycles. The van der Waals surface area contributed by atoms with Crippen LogP contribution < -0.4 is 0 Å². The summed E-state index contributed by atoms with van der Waals surface area (Å²) < 4.78 is 0. The molecule has 0 atom stereocenters. The molecule has 16 heavy (non-hydrogen) atoms. The lowest BCUT2D eigenvalue weighted by molar-refractivity contribution is -0.152. The van der Waals surface area contributed by atoms with Gasteiger partial charge in [-0.1, -0.05) is 12.8 Å². The highest BCUT2D eigenvalue weighted by atomic mass is 32.2. The Morgan fingerprint density at radius 3 is 2.12 bits per heavy atom. The molecule has 0 spiro atoms. The van der Waals surface area contributed by atoms with Gasteiger partial charge < -0.3 is 5.11 Å². The van der Waals surface area contributed by atoms with Gasteiger partial charge in [0.1, 0.15) is 5.54 Å². The maximum absolute atomic E-state index is 11.6. The fraction of sp³-hybridized carbons (Fsp3) is 0.917. The van der Waals surface area contributed by atoms with E-state index >= 15 is 0 Å². The Hall–Kier alpha value is -0.220. The van der Waals surface area contributed by atoms with Crippen molar-refractivity contribution in [2.45, 2.75) is 44.1 Å². The van der Waals surface area contributed by atoms with E-state index in [4.69, 9.17) is 0 Å². The summed E-state index contributed by atoms with van der Waals surface area (Å²) in [6.45, 7) is 1.97. The van der Waals surface area contributed by atoms with Crippen molar-refractivity contribution >= 4 is 17.7 Å². The number of carboxylic acids is 1. The molecular weight excluding hydrogens is 222 g/mol. The Labute approximate surface area is 102 Å². The van der Waals surface area contributed by atoms with E-state index in [1.54, 1.807) is 0 Å². The molecule has 1 N–H and O–H groups in total. The highest BCUT2D eigenvalue weighted by Crippen LogP contribution is 2.34. The Morgan fingerprint density at radius 1 is 1.06 bits per heavy atom. The second kappa shape index (κ2) is 5.41. The standard InChI is InChI=1S/C12H21NO2S/c14-11(15)12(5-9-16-10-6-12)13-7-3-1-2-4-8-13/h1-10H2,(H,14,15). The van der Waals surface area contributed by atoms with Crippen molar-refractivity contribution < 1.29 is 9.90 Å². The second-order valence-electron chi connectivity index (χ2n) is 4.85. The Morgan fingerprint density at radius 2 is 1.62 bits per heavy atom. The molecule has 0 aliphatic carbocycles. The second-order valence-corrected chi connectivity index (χ2v) is 6.08. The van der Waals surface area contributed by atoms with Crippen LogP contribution in [0.25, 0.3) is 0 Å². The zero-order valence-corrected chi connectivity index (χ0v) is 10.6. The van der Waals surface area contributed by atoms with Crippen LogP contribution in [0.5, 0.6) is 0 Å². The van der Waals surface area contributed by atoms with Crippen LogP contribution in [0.15, 0.2) is 0 Å². The van der Waals surface area contributed by atoms with Crippen molar-refractivity contribution in [3.63, 3.8) is 0 Å². The first kappa shape index (κ1) is 12.2. The van der Waals surface area contributed by atoms with Crippen LogP contribution in [0.2, 0.25) is 0 Å². The van der Waals surface area contributed by atoms with Gasteiger partial charge in [0.15, 0.2) is 0 Å². The fourth-order valence-corrected chi connectivity index (χ4v) is 4.04. The van der Waals surface area contributed by atoms with Crippen LogP contribution in [-0.2, 0) is 4.79 Å². The fourth-order valence-electron chi connectivity index (χ4n) is 2.87. The van der Waals surface area contributed by atoms with Crippen LogP contribution in [0.1, 0.15) is 38.5 Å². The molecule has 0 aromatic heterocycles. The maximum Gasteiger partial charge on any atom is 0.324 e. The Bertz CT molecular complexity index is 243.